The van der Waals surface area contributed by atoms with Crippen molar-refractivity contribution in [1.82, 2.24) is 14.8 Å². The molecule has 0 radical (unpaired) electrons. The van der Waals surface area contributed by atoms with Gasteiger partial charge in [0.25, 0.3) is 0 Å². The molecule has 1 atom stereocenters. The Morgan fingerprint density at radius 1 is 1.30 bits per heavy atom. The number of oxazole rings is 1. The van der Waals surface area contributed by atoms with E-state index >= 15 is 0 Å². The second-order valence-electron chi connectivity index (χ2n) is 7.50. The van der Waals surface area contributed by atoms with Crippen LogP contribution in [0.5, 0.6) is 0 Å². The molecule has 3 aliphatic heterocycles. The number of likely N-dealkylation sites (tertiary alicyclic amines) is 2. The molecule has 0 aromatic carbocycles. The molecule has 1 spiro atoms. The molecule has 23 heavy (non-hydrogen) atoms. The second kappa shape index (κ2) is 5.60. The van der Waals surface area contributed by atoms with Crippen molar-refractivity contribution in [3.8, 4) is 0 Å². The number of nitrogens with zero attached hydrogens (tertiary/aromatic N) is 3. The van der Waals surface area contributed by atoms with Crippen molar-refractivity contribution in [2.45, 2.75) is 25.7 Å². The number of amides is 1. The summed E-state index contributed by atoms with van der Waals surface area (Å²) in [6.07, 6.45) is 3.53. The standard InChI is InChI=1S/C17H25N3O3/c1-12-7-18-15(23-12)14-8-19(2)9-17(14)10-20(11-17)16(21)13-3-5-22-6-4-13/h7,13-14H,3-6,8-11H2,1-2H3. The molecule has 1 unspecified atom stereocenters. The zero-order valence-corrected chi connectivity index (χ0v) is 14.0. The van der Waals surface area contributed by atoms with Gasteiger partial charge in [0.15, 0.2) is 5.89 Å². The Kier molecular flexibility index (Phi) is 3.69. The maximum absolute atomic E-state index is 12.7. The van der Waals surface area contributed by atoms with Gasteiger partial charge in [0.05, 0.1) is 12.1 Å². The highest BCUT2D eigenvalue weighted by Crippen LogP contribution is 2.49. The molecule has 126 valence electrons. The summed E-state index contributed by atoms with van der Waals surface area (Å²) >= 11 is 0. The van der Waals surface area contributed by atoms with Crippen molar-refractivity contribution in [3.63, 3.8) is 0 Å². The van der Waals surface area contributed by atoms with Gasteiger partial charge < -0.3 is 19.0 Å². The Morgan fingerprint density at radius 2 is 2.04 bits per heavy atom. The van der Waals surface area contributed by atoms with Gasteiger partial charge in [-0.25, -0.2) is 4.98 Å². The van der Waals surface area contributed by atoms with Gasteiger partial charge in [-0.3, -0.25) is 4.79 Å². The molecule has 6 nitrogen and oxygen atoms in total. The Bertz CT molecular complexity index is 588. The van der Waals surface area contributed by atoms with Crippen LogP contribution in [0.15, 0.2) is 10.6 Å². The lowest BCUT2D eigenvalue weighted by atomic mass is 9.71. The lowest BCUT2D eigenvalue weighted by Crippen LogP contribution is -2.62. The molecule has 0 aliphatic carbocycles. The molecular weight excluding hydrogens is 294 g/mol. The summed E-state index contributed by atoms with van der Waals surface area (Å²) in [6, 6.07) is 0. The van der Waals surface area contributed by atoms with E-state index in [0.717, 1.165) is 63.9 Å². The number of hydrogen-bond acceptors (Lipinski definition) is 5. The largest absolute Gasteiger partial charge is 0.446 e. The van der Waals surface area contributed by atoms with Crippen LogP contribution in [0.1, 0.15) is 30.4 Å². The van der Waals surface area contributed by atoms with E-state index in [1.165, 1.54) is 0 Å². The molecule has 1 amide bonds. The van der Waals surface area contributed by atoms with Crippen LogP contribution in [0.3, 0.4) is 0 Å². The molecule has 6 heteroatoms. The zero-order valence-electron chi connectivity index (χ0n) is 14.0. The minimum absolute atomic E-state index is 0.118. The minimum atomic E-state index is 0.118. The fourth-order valence-electron chi connectivity index (χ4n) is 4.48. The average molecular weight is 319 g/mol. The molecule has 0 N–H and O–H groups in total. The van der Waals surface area contributed by atoms with E-state index in [4.69, 9.17) is 9.15 Å². The van der Waals surface area contributed by atoms with E-state index in [1.807, 2.05) is 11.8 Å². The van der Waals surface area contributed by atoms with Crippen LogP contribution in [0.4, 0.5) is 0 Å². The van der Waals surface area contributed by atoms with Gasteiger partial charge in [-0.15, -0.1) is 0 Å². The topological polar surface area (TPSA) is 58.8 Å². The van der Waals surface area contributed by atoms with Crippen LogP contribution >= 0.6 is 0 Å². The summed E-state index contributed by atoms with van der Waals surface area (Å²) in [7, 11) is 2.14. The van der Waals surface area contributed by atoms with Crippen molar-refractivity contribution in [2.75, 3.05) is 46.4 Å². The highest BCUT2D eigenvalue weighted by Gasteiger charge is 2.57. The number of hydrogen-bond donors (Lipinski definition) is 0. The van der Waals surface area contributed by atoms with Crippen LogP contribution in [0.25, 0.3) is 0 Å². The van der Waals surface area contributed by atoms with Gasteiger partial charge in [-0.05, 0) is 26.8 Å². The van der Waals surface area contributed by atoms with Crippen LogP contribution in [0, 0.1) is 18.3 Å². The summed E-state index contributed by atoms with van der Waals surface area (Å²) in [5.41, 5.74) is 0.118. The van der Waals surface area contributed by atoms with E-state index in [1.54, 1.807) is 6.20 Å². The van der Waals surface area contributed by atoms with Crippen LogP contribution in [-0.2, 0) is 9.53 Å². The maximum atomic E-state index is 12.7. The van der Waals surface area contributed by atoms with Crippen molar-refractivity contribution >= 4 is 5.91 Å². The zero-order chi connectivity index (χ0) is 16.0. The second-order valence-corrected chi connectivity index (χ2v) is 7.50. The Balaban J connectivity index is 1.46. The molecule has 1 aromatic heterocycles. The number of likely N-dealkylation sites (N-methyl/N-ethyl adjacent to an activating group) is 1. The van der Waals surface area contributed by atoms with E-state index in [0.29, 0.717) is 11.8 Å². The normalized spacial score (nSPS) is 28.3. The predicted octanol–water partition coefficient (Wildman–Crippen LogP) is 1.27. The van der Waals surface area contributed by atoms with Crippen LogP contribution < -0.4 is 0 Å². The molecule has 3 fully saturated rings. The first-order valence-electron chi connectivity index (χ1n) is 8.55. The van der Waals surface area contributed by atoms with E-state index in [2.05, 4.69) is 16.9 Å². The fraction of sp³-hybridized carbons (Fsp3) is 0.765. The Hall–Kier alpha value is -1.40. The number of carbonyl (C=O) groups is 1. The van der Waals surface area contributed by atoms with Crippen molar-refractivity contribution in [3.05, 3.63) is 17.8 Å². The first-order valence-corrected chi connectivity index (χ1v) is 8.55. The number of aromatic nitrogens is 1. The molecule has 0 saturated carbocycles. The first kappa shape index (κ1) is 15.1. The van der Waals surface area contributed by atoms with Crippen LogP contribution in [0.2, 0.25) is 0 Å². The highest BCUT2D eigenvalue weighted by molar-refractivity contribution is 5.80. The molecule has 3 saturated heterocycles. The summed E-state index contributed by atoms with van der Waals surface area (Å²) in [5, 5.41) is 0. The SMILES string of the molecule is Cc1cnc(C2CN(C)CC23CN(C(=O)C2CCOCC2)C3)o1. The number of carbonyl (C=O) groups excluding carboxylic acids is 1. The predicted molar refractivity (Wildman–Crippen MR) is 84.0 cm³/mol. The Morgan fingerprint density at radius 3 is 2.70 bits per heavy atom. The third kappa shape index (κ3) is 2.58. The van der Waals surface area contributed by atoms with Crippen molar-refractivity contribution in [2.24, 2.45) is 11.3 Å². The minimum Gasteiger partial charge on any atom is -0.446 e. The van der Waals surface area contributed by atoms with Gasteiger partial charge in [-0.1, -0.05) is 0 Å². The highest BCUT2D eigenvalue weighted by atomic mass is 16.5. The van der Waals surface area contributed by atoms with Gasteiger partial charge in [0.2, 0.25) is 5.91 Å². The van der Waals surface area contributed by atoms with E-state index in [-0.39, 0.29) is 11.3 Å². The average Bonchev–Trinajstić information content (AvgIpc) is 3.09. The molecular formula is C17H25N3O3. The quantitative estimate of drug-likeness (QED) is 0.821. The fourth-order valence-corrected chi connectivity index (χ4v) is 4.48. The van der Waals surface area contributed by atoms with Gasteiger partial charge in [0.1, 0.15) is 5.76 Å². The van der Waals surface area contributed by atoms with Gasteiger partial charge >= 0.3 is 0 Å². The van der Waals surface area contributed by atoms with Crippen molar-refractivity contribution in [1.29, 1.82) is 0 Å². The van der Waals surface area contributed by atoms with E-state index in [9.17, 15) is 4.79 Å². The van der Waals surface area contributed by atoms with Gasteiger partial charge in [0, 0.05) is 50.7 Å². The number of rotatable bonds is 2. The third-order valence-corrected chi connectivity index (χ3v) is 5.65. The number of aryl methyl sites for hydroxylation is 1. The lowest BCUT2D eigenvalue weighted by Gasteiger charge is -2.51. The molecule has 4 heterocycles. The molecule has 3 aliphatic rings. The molecule has 0 bridgehead atoms. The molecule has 1 aromatic rings. The monoisotopic (exact) mass is 319 g/mol. The summed E-state index contributed by atoms with van der Waals surface area (Å²) < 4.78 is 11.2. The summed E-state index contributed by atoms with van der Waals surface area (Å²) in [4.78, 5) is 21.5. The van der Waals surface area contributed by atoms with Crippen molar-refractivity contribution < 1.29 is 13.9 Å². The van der Waals surface area contributed by atoms with Crippen LogP contribution in [-0.4, -0.2) is 67.1 Å². The third-order valence-electron chi connectivity index (χ3n) is 5.65. The molecule has 4 rings (SSSR count). The number of ether oxygens (including phenoxy) is 1. The Labute approximate surface area is 136 Å². The first-order chi connectivity index (χ1) is 11.1. The maximum Gasteiger partial charge on any atom is 0.225 e. The smallest absolute Gasteiger partial charge is 0.225 e. The van der Waals surface area contributed by atoms with Gasteiger partial charge in [-0.2, -0.15) is 0 Å². The summed E-state index contributed by atoms with van der Waals surface area (Å²) in [6.45, 7) is 7.01. The summed E-state index contributed by atoms with van der Waals surface area (Å²) in [5.74, 6) is 2.46. The van der Waals surface area contributed by atoms with E-state index < -0.39 is 0 Å². The lowest BCUT2D eigenvalue weighted by molar-refractivity contribution is -0.151.